The van der Waals surface area contributed by atoms with Crippen LogP contribution in [0.1, 0.15) is 5.56 Å². The Morgan fingerprint density at radius 1 is 1.67 bits per heavy atom. The molecule has 0 aliphatic rings. The van der Waals surface area contributed by atoms with Gasteiger partial charge in [0.1, 0.15) is 12.3 Å². The highest BCUT2D eigenvalue weighted by Crippen LogP contribution is 2.22. The van der Waals surface area contributed by atoms with Crippen LogP contribution in [0, 0.1) is 21.4 Å². The first-order chi connectivity index (χ1) is 5.66. The van der Waals surface area contributed by atoms with Gasteiger partial charge in [-0.05, 0) is 0 Å². The molecule has 1 aromatic heterocycles. The lowest BCUT2D eigenvalue weighted by atomic mass is 10.2. The maximum atomic E-state index is 10.3. The Bertz CT molecular complexity index is 372. The summed E-state index contributed by atoms with van der Waals surface area (Å²) < 4.78 is 0. The molecule has 0 aliphatic carbocycles. The maximum absolute atomic E-state index is 10.3. The number of pyridine rings is 1. The number of hydrogen-bond donors (Lipinski definition) is 0. The molecule has 0 radical (unpaired) electrons. The minimum absolute atomic E-state index is 0.00769. The molecule has 0 amide bonds. The fraction of sp³-hybridized carbons (Fsp3) is 0. The minimum atomic E-state index is -0.697. The zero-order valence-corrected chi connectivity index (χ0v) is 6.45. The molecule has 1 heterocycles. The average Bonchev–Trinajstić information content (AvgIpc) is 2.03. The summed E-state index contributed by atoms with van der Waals surface area (Å²) in [4.78, 5) is 13.1. The van der Waals surface area contributed by atoms with Crippen LogP contribution in [0.3, 0.4) is 0 Å². The molecule has 0 fully saturated rings. The first-order valence-corrected chi connectivity index (χ1v) is 3.22. The Morgan fingerprint density at radius 3 is 2.75 bits per heavy atom. The Labute approximate surface area is 72.4 Å². The first-order valence-electron chi connectivity index (χ1n) is 2.85. The van der Waals surface area contributed by atoms with Crippen molar-refractivity contribution in [2.75, 3.05) is 0 Å². The Balaban J connectivity index is 3.40. The summed E-state index contributed by atoms with van der Waals surface area (Å²) in [5.41, 5.74) is -0.526. The molecule has 1 aromatic rings. The number of nitriles is 1. The summed E-state index contributed by atoms with van der Waals surface area (Å²) in [6.45, 7) is 0. The van der Waals surface area contributed by atoms with Crippen molar-refractivity contribution in [3.8, 4) is 6.07 Å². The maximum Gasteiger partial charge on any atom is 0.306 e. The van der Waals surface area contributed by atoms with Crippen LogP contribution in [0.4, 0.5) is 5.69 Å². The van der Waals surface area contributed by atoms with Crippen LogP contribution in [0.25, 0.3) is 0 Å². The van der Waals surface area contributed by atoms with Gasteiger partial charge in [0.2, 0.25) is 0 Å². The van der Waals surface area contributed by atoms with Gasteiger partial charge >= 0.3 is 5.69 Å². The summed E-state index contributed by atoms with van der Waals surface area (Å²) >= 11 is 5.48. The quantitative estimate of drug-likeness (QED) is 0.488. The fourth-order valence-electron chi connectivity index (χ4n) is 0.674. The van der Waals surface area contributed by atoms with Gasteiger partial charge in [-0.2, -0.15) is 5.26 Å². The van der Waals surface area contributed by atoms with E-state index in [0.717, 1.165) is 6.20 Å². The van der Waals surface area contributed by atoms with E-state index in [1.807, 2.05) is 0 Å². The molecule has 6 heteroatoms. The van der Waals surface area contributed by atoms with E-state index in [1.54, 1.807) is 6.07 Å². The average molecular weight is 184 g/mol. The van der Waals surface area contributed by atoms with E-state index in [-0.39, 0.29) is 16.3 Å². The summed E-state index contributed by atoms with van der Waals surface area (Å²) in [5.74, 6) is 0. The zero-order valence-electron chi connectivity index (χ0n) is 5.69. The van der Waals surface area contributed by atoms with Crippen molar-refractivity contribution in [3.63, 3.8) is 0 Å². The first kappa shape index (κ1) is 8.43. The number of rotatable bonds is 1. The number of halogens is 1. The molecule has 0 aliphatic heterocycles. The topological polar surface area (TPSA) is 79.8 Å². The van der Waals surface area contributed by atoms with Crippen molar-refractivity contribution in [1.29, 1.82) is 5.26 Å². The van der Waals surface area contributed by atoms with Crippen molar-refractivity contribution < 1.29 is 4.92 Å². The SMILES string of the molecule is N#Cc1c(Cl)cncc1[N+](=O)[O-]. The van der Waals surface area contributed by atoms with Crippen molar-refractivity contribution in [3.05, 3.63) is 33.1 Å². The van der Waals surface area contributed by atoms with E-state index in [9.17, 15) is 10.1 Å². The molecule has 0 N–H and O–H groups in total. The molecule has 0 saturated carbocycles. The standard InChI is InChI=1S/C6H2ClN3O2/c7-5-2-9-3-6(10(11)12)4(5)1-8/h2-3H. The van der Waals surface area contributed by atoms with Gasteiger partial charge in [0.15, 0.2) is 5.56 Å². The van der Waals surface area contributed by atoms with Crippen molar-refractivity contribution in [2.45, 2.75) is 0 Å². The Hall–Kier alpha value is -1.67. The molecular formula is C6H2ClN3O2. The van der Waals surface area contributed by atoms with E-state index >= 15 is 0 Å². The highest BCUT2D eigenvalue weighted by molar-refractivity contribution is 6.31. The molecule has 0 saturated heterocycles. The third-order valence-electron chi connectivity index (χ3n) is 1.19. The molecule has 5 nitrogen and oxygen atoms in total. The number of hydrogen-bond acceptors (Lipinski definition) is 4. The van der Waals surface area contributed by atoms with E-state index in [4.69, 9.17) is 16.9 Å². The van der Waals surface area contributed by atoms with Gasteiger partial charge in [-0.15, -0.1) is 0 Å². The van der Waals surface area contributed by atoms with Crippen LogP contribution in [0.2, 0.25) is 5.02 Å². The monoisotopic (exact) mass is 183 g/mol. The van der Waals surface area contributed by atoms with E-state index in [1.165, 1.54) is 6.20 Å². The largest absolute Gasteiger partial charge is 0.306 e. The van der Waals surface area contributed by atoms with Crippen LogP contribution in [-0.4, -0.2) is 9.91 Å². The van der Waals surface area contributed by atoms with Gasteiger partial charge in [-0.3, -0.25) is 15.1 Å². The second kappa shape index (κ2) is 3.15. The van der Waals surface area contributed by atoms with E-state index < -0.39 is 4.92 Å². The predicted octanol–water partition coefficient (Wildman–Crippen LogP) is 1.51. The van der Waals surface area contributed by atoms with Crippen molar-refractivity contribution in [2.24, 2.45) is 0 Å². The Morgan fingerprint density at radius 2 is 2.33 bits per heavy atom. The third kappa shape index (κ3) is 1.33. The van der Waals surface area contributed by atoms with Crippen molar-refractivity contribution >= 4 is 17.3 Å². The Kier molecular flexibility index (Phi) is 2.21. The fourth-order valence-corrected chi connectivity index (χ4v) is 0.869. The molecule has 1 rings (SSSR count). The van der Waals surface area contributed by atoms with Crippen LogP contribution in [0.5, 0.6) is 0 Å². The highest BCUT2D eigenvalue weighted by Gasteiger charge is 2.16. The second-order valence-corrected chi connectivity index (χ2v) is 2.29. The van der Waals surface area contributed by atoms with Gasteiger partial charge in [-0.1, -0.05) is 11.6 Å². The number of aromatic nitrogens is 1. The molecule has 0 aromatic carbocycles. The zero-order chi connectivity index (χ0) is 9.14. The molecule has 12 heavy (non-hydrogen) atoms. The van der Waals surface area contributed by atoms with Crippen molar-refractivity contribution in [1.82, 2.24) is 4.98 Å². The minimum Gasteiger partial charge on any atom is -0.258 e. The summed E-state index contributed by atoms with van der Waals surface area (Å²) in [5, 5.41) is 18.8. The lowest BCUT2D eigenvalue weighted by Gasteiger charge is -1.94. The lowest BCUT2D eigenvalue weighted by Crippen LogP contribution is -1.93. The van der Waals surface area contributed by atoms with Gasteiger partial charge in [0.25, 0.3) is 0 Å². The summed E-state index contributed by atoms with van der Waals surface area (Å²) in [6, 6.07) is 1.63. The van der Waals surface area contributed by atoms with Crippen LogP contribution < -0.4 is 0 Å². The summed E-state index contributed by atoms with van der Waals surface area (Å²) in [7, 11) is 0. The molecule has 60 valence electrons. The van der Waals surface area contributed by atoms with Gasteiger partial charge in [0.05, 0.1) is 9.95 Å². The molecular weight excluding hydrogens is 182 g/mol. The molecule has 0 bridgehead atoms. The van der Waals surface area contributed by atoms with Gasteiger partial charge < -0.3 is 0 Å². The molecule has 0 atom stereocenters. The van der Waals surface area contributed by atoms with Crippen LogP contribution >= 0.6 is 11.6 Å². The highest BCUT2D eigenvalue weighted by atomic mass is 35.5. The van der Waals surface area contributed by atoms with Gasteiger partial charge in [0, 0.05) is 6.20 Å². The van der Waals surface area contributed by atoms with E-state index in [0.29, 0.717) is 0 Å². The third-order valence-corrected chi connectivity index (χ3v) is 1.47. The van der Waals surface area contributed by atoms with Crippen LogP contribution in [0.15, 0.2) is 12.4 Å². The molecule has 0 spiro atoms. The predicted molar refractivity (Wildman–Crippen MR) is 40.6 cm³/mol. The normalized spacial score (nSPS) is 9.00. The smallest absolute Gasteiger partial charge is 0.258 e. The van der Waals surface area contributed by atoms with E-state index in [2.05, 4.69) is 4.98 Å². The number of nitrogens with zero attached hydrogens (tertiary/aromatic N) is 3. The lowest BCUT2D eigenvalue weighted by molar-refractivity contribution is -0.385. The summed E-state index contributed by atoms with van der Waals surface area (Å²) in [6.07, 6.45) is 2.18. The molecule has 0 unspecified atom stereocenters. The van der Waals surface area contributed by atoms with Gasteiger partial charge in [-0.25, -0.2) is 0 Å². The second-order valence-electron chi connectivity index (χ2n) is 1.88. The number of nitro groups is 1. The van der Waals surface area contributed by atoms with Crippen LogP contribution in [-0.2, 0) is 0 Å².